The maximum absolute atomic E-state index is 13.2. The Morgan fingerprint density at radius 2 is 1.66 bits per heavy atom. The largest absolute Gasteiger partial charge is 0.351 e. The van der Waals surface area contributed by atoms with Gasteiger partial charge in [0, 0.05) is 17.8 Å². The lowest BCUT2D eigenvalue weighted by molar-refractivity contribution is 0.240. The summed E-state index contributed by atoms with van der Waals surface area (Å²) in [7, 11) is 0. The van der Waals surface area contributed by atoms with E-state index >= 15 is 0 Å². The minimum Gasteiger partial charge on any atom is -0.351 e. The first-order chi connectivity index (χ1) is 14.9. The summed E-state index contributed by atoms with van der Waals surface area (Å²) in [5, 5.41) is 1.08. The highest BCUT2D eigenvalue weighted by Gasteiger charge is 2.37. The molecule has 6 heteroatoms. The normalized spacial score (nSPS) is 15.3. The maximum Gasteiger partial charge on any atom is 0.321 e. The number of fused-ring (bicyclic) bond motifs is 1. The van der Waals surface area contributed by atoms with Crippen LogP contribution in [0.15, 0.2) is 48.8 Å². The predicted octanol–water partition coefficient (Wildman–Crippen LogP) is 6.98. The highest BCUT2D eigenvalue weighted by Crippen LogP contribution is 2.44. The van der Waals surface area contributed by atoms with E-state index < -0.39 is 6.03 Å². The first-order valence-corrected chi connectivity index (χ1v) is 11.5. The van der Waals surface area contributed by atoms with Crippen LogP contribution in [0.1, 0.15) is 82.5 Å². The standard InChI is InChI=1S/C26H34N4O.ClH/c1-17(2)21-12-7-13-22(18(3)4)23(21)30(26(27)31)25(20-9-5-6-10-20)29-16-14-19-11-8-15-28-24(19)29;/h7-8,11-18,20,25H,5-6,9-10H2,1-4H3,(H2,27,31);1H. The minimum atomic E-state index is -0.398. The molecule has 1 fully saturated rings. The Bertz CT molecular complexity index is 1040. The average Bonchev–Trinajstić information content (AvgIpc) is 3.41. The number of amides is 2. The number of aromatic nitrogens is 2. The molecule has 0 spiro atoms. The van der Waals surface area contributed by atoms with Crippen LogP contribution in [-0.4, -0.2) is 15.6 Å². The first-order valence-electron chi connectivity index (χ1n) is 11.5. The number of hydrogen-bond donors (Lipinski definition) is 1. The Morgan fingerprint density at radius 3 is 2.22 bits per heavy atom. The van der Waals surface area contributed by atoms with Crippen molar-refractivity contribution in [2.45, 2.75) is 71.4 Å². The smallest absolute Gasteiger partial charge is 0.321 e. The quantitative estimate of drug-likeness (QED) is 0.436. The molecule has 1 aliphatic carbocycles. The van der Waals surface area contributed by atoms with Gasteiger partial charge in [0.05, 0.1) is 5.69 Å². The molecule has 1 unspecified atom stereocenters. The zero-order valence-corrected chi connectivity index (χ0v) is 20.3. The molecule has 0 bridgehead atoms. The molecule has 1 atom stereocenters. The summed E-state index contributed by atoms with van der Waals surface area (Å²) in [6, 6.07) is 12.1. The molecule has 3 aromatic rings. The monoisotopic (exact) mass is 454 g/mol. The van der Waals surface area contributed by atoms with E-state index in [9.17, 15) is 4.79 Å². The van der Waals surface area contributed by atoms with Gasteiger partial charge in [-0.2, -0.15) is 0 Å². The van der Waals surface area contributed by atoms with Crippen LogP contribution in [0.2, 0.25) is 0 Å². The molecule has 32 heavy (non-hydrogen) atoms. The van der Waals surface area contributed by atoms with Crippen molar-refractivity contribution in [1.29, 1.82) is 0 Å². The fourth-order valence-corrected chi connectivity index (χ4v) is 5.18. The zero-order chi connectivity index (χ0) is 22.1. The maximum atomic E-state index is 13.2. The number of hydrogen-bond acceptors (Lipinski definition) is 2. The van der Waals surface area contributed by atoms with Gasteiger partial charge in [0.1, 0.15) is 11.8 Å². The molecule has 1 aliphatic rings. The van der Waals surface area contributed by atoms with Gasteiger partial charge in [-0.1, -0.05) is 58.7 Å². The fraction of sp³-hybridized carbons (Fsp3) is 0.462. The van der Waals surface area contributed by atoms with Gasteiger partial charge in [0.25, 0.3) is 0 Å². The van der Waals surface area contributed by atoms with Gasteiger partial charge in [0.15, 0.2) is 0 Å². The summed E-state index contributed by atoms with van der Waals surface area (Å²) in [4.78, 5) is 19.7. The summed E-state index contributed by atoms with van der Waals surface area (Å²) in [6.45, 7) is 8.72. The van der Waals surface area contributed by atoms with Gasteiger partial charge >= 0.3 is 6.03 Å². The molecule has 2 amide bonds. The van der Waals surface area contributed by atoms with E-state index in [0.717, 1.165) is 40.7 Å². The first kappa shape index (κ1) is 24.1. The van der Waals surface area contributed by atoms with Crippen molar-refractivity contribution < 1.29 is 4.79 Å². The second-order valence-electron chi connectivity index (χ2n) is 9.40. The van der Waals surface area contributed by atoms with Crippen molar-refractivity contribution >= 4 is 35.2 Å². The topological polar surface area (TPSA) is 64.2 Å². The minimum absolute atomic E-state index is 0. The molecule has 2 N–H and O–H groups in total. The van der Waals surface area contributed by atoms with Crippen LogP contribution in [0.5, 0.6) is 0 Å². The molecule has 2 aromatic heterocycles. The number of para-hydroxylation sites is 1. The van der Waals surface area contributed by atoms with Gasteiger partial charge in [-0.05, 0) is 59.9 Å². The van der Waals surface area contributed by atoms with Crippen LogP contribution in [0.25, 0.3) is 11.0 Å². The Labute approximate surface area is 197 Å². The summed E-state index contributed by atoms with van der Waals surface area (Å²) in [5.74, 6) is 0.893. The Morgan fingerprint density at radius 1 is 1.03 bits per heavy atom. The molecule has 2 heterocycles. The van der Waals surface area contributed by atoms with Crippen LogP contribution < -0.4 is 10.6 Å². The third-order valence-corrected chi connectivity index (χ3v) is 6.67. The zero-order valence-electron chi connectivity index (χ0n) is 19.5. The number of nitrogens with zero attached hydrogens (tertiary/aromatic N) is 3. The van der Waals surface area contributed by atoms with Gasteiger partial charge < -0.3 is 10.3 Å². The number of halogens is 1. The van der Waals surface area contributed by atoms with Crippen molar-refractivity contribution in [3.63, 3.8) is 0 Å². The number of carbonyl (C=O) groups excluding carboxylic acids is 1. The molecule has 1 aromatic carbocycles. The average molecular weight is 455 g/mol. The van der Waals surface area contributed by atoms with Gasteiger partial charge in [0.2, 0.25) is 0 Å². The van der Waals surface area contributed by atoms with Crippen molar-refractivity contribution in [2.24, 2.45) is 11.7 Å². The lowest BCUT2D eigenvalue weighted by Gasteiger charge is -2.39. The third kappa shape index (κ3) is 4.36. The van der Waals surface area contributed by atoms with E-state index in [4.69, 9.17) is 5.73 Å². The van der Waals surface area contributed by atoms with E-state index in [0.29, 0.717) is 5.92 Å². The van der Waals surface area contributed by atoms with Crippen molar-refractivity contribution in [1.82, 2.24) is 9.55 Å². The molecule has 0 aliphatic heterocycles. The van der Waals surface area contributed by atoms with Crippen LogP contribution in [0, 0.1) is 5.92 Å². The SMILES string of the molecule is CC(C)c1cccc(C(C)C)c1N(C(N)=O)C(C1CCCC1)n1ccc2cccnc21.Cl. The molecule has 1 saturated carbocycles. The van der Waals surface area contributed by atoms with Crippen LogP contribution >= 0.6 is 12.4 Å². The molecular formula is C26H35ClN4O. The van der Waals surface area contributed by atoms with Crippen molar-refractivity contribution in [2.75, 3.05) is 4.90 Å². The number of pyridine rings is 1. The second kappa shape index (κ2) is 9.95. The number of anilines is 1. The Hall–Kier alpha value is -2.53. The molecule has 5 nitrogen and oxygen atoms in total. The van der Waals surface area contributed by atoms with E-state index in [1.807, 2.05) is 17.2 Å². The molecule has 0 radical (unpaired) electrons. The van der Waals surface area contributed by atoms with Crippen molar-refractivity contribution in [3.05, 3.63) is 59.9 Å². The number of nitrogens with two attached hydrogens (primary N) is 1. The van der Waals surface area contributed by atoms with Crippen LogP contribution in [0.4, 0.5) is 10.5 Å². The second-order valence-corrected chi connectivity index (χ2v) is 9.40. The lowest BCUT2D eigenvalue weighted by atomic mass is 9.90. The molecular weight excluding hydrogens is 420 g/mol. The molecule has 4 rings (SSSR count). The van der Waals surface area contributed by atoms with E-state index in [1.54, 1.807) is 0 Å². The Balaban J connectivity index is 0.00000289. The van der Waals surface area contributed by atoms with Crippen LogP contribution in [-0.2, 0) is 0 Å². The highest BCUT2D eigenvalue weighted by molar-refractivity contribution is 5.93. The number of benzene rings is 1. The molecule has 172 valence electrons. The fourth-order valence-electron chi connectivity index (χ4n) is 5.18. The summed E-state index contributed by atoms with van der Waals surface area (Å²) >= 11 is 0. The van der Waals surface area contributed by atoms with Crippen molar-refractivity contribution in [3.8, 4) is 0 Å². The number of primary amides is 1. The summed E-state index contributed by atoms with van der Waals surface area (Å²) in [6.07, 6.45) is 8.24. The van der Waals surface area contributed by atoms with E-state index in [1.165, 1.54) is 12.8 Å². The number of carbonyl (C=O) groups is 1. The van der Waals surface area contributed by atoms with E-state index in [-0.39, 0.29) is 30.4 Å². The summed E-state index contributed by atoms with van der Waals surface area (Å²) in [5.41, 5.74) is 10.4. The highest BCUT2D eigenvalue weighted by atomic mass is 35.5. The van der Waals surface area contributed by atoms with E-state index in [2.05, 4.69) is 73.8 Å². The van der Waals surface area contributed by atoms with Gasteiger partial charge in [-0.15, -0.1) is 12.4 Å². The third-order valence-electron chi connectivity index (χ3n) is 6.67. The van der Waals surface area contributed by atoms with Gasteiger partial charge in [-0.25, -0.2) is 9.78 Å². The van der Waals surface area contributed by atoms with Crippen LogP contribution in [0.3, 0.4) is 0 Å². The lowest BCUT2D eigenvalue weighted by Crippen LogP contribution is -2.45. The van der Waals surface area contributed by atoms with Gasteiger partial charge in [-0.3, -0.25) is 4.90 Å². The predicted molar refractivity (Wildman–Crippen MR) is 135 cm³/mol. The molecule has 0 saturated heterocycles. The number of rotatable bonds is 6. The number of urea groups is 1. The summed E-state index contributed by atoms with van der Waals surface area (Å²) < 4.78 is 2.18. The Kier molecular flexibility index (Phi) is 7.50.